The van der Waals surface area contributed by atoms with Gasteiger partial charge in [-0.25, -0.2) is 4.98 Å². The van der Waals surface area contributed by atoms with Crippen LogP contribution >= 0.6 is 0 Å². The average molecular weight is 727 g/mol. The number of ether oxygens (including phenoxy) is 1. The molecule has 0 aliphatic heterocycles. The van der Waals surface area contributed by atoms with Crippen LogP contribution in [0, 0.1) is 0 Å². The largest absolute Gasteiger partial charge is 0.457 e. The molecule has 5 heteroatoms. The molecule has 55 heavy (non-hydrogen) atoms. The summed E-state index contributed by atoms with van der Waals surface area (Å²) in [7, 11) is 0. The summed E-state index contributed by atoms with van der Waals surface area (Å²) in [5, 5.41) is 1.93. The lowest BCUT2D eigenvalue weighted by Gasteiger charge is -2.22. The number of hydrogen-bond acceptors (Lipinski definition) is 5. The molecule has 0 amide bonds. The van der Waals surface area contributed by atoms with Crippen molar-refractivity contribution in [2.24, 2.45) is 0 Å². The predicted molar refractivity (Wildman–Crippen MR) is 227 cm³/mol. The minimum Gasteiger partial charge on any atom is -0.457 e. The summed E-state index contributed by atoms with van der Waals surface area (Å²) in [4.78, 5) is 9.96. The van der Waals surface area contributed by atoms with Crippen LogP contribution in [0.15, 0.2) is 118 Å². The number of hydrogen-bond donors (Lipinski definition) is 0. The van der Waals surface area contributed by atoms with Crippen molar-refractivity contribution in [1.29, 1.82) is 0 Å². The standard InChI is InChI=1S/C50H50N2O3/c1-29(2)36-16-13-17-37(30(3)4)45(36)39-18-14-19-41-47(39)55-48(52-41)40-27-35(28-44-46(40)38-15-11-12-20-43(38)54-44)53-34-24-31(23-33(25-34)50(8,9)10)42-26-32(21-22-51-42)49(5,6)7/h11-30H,1-10H3. The Balaban J connectivity index is 1.31. The van der Waals surface area contributed by atoms with Gasteiger partial charge in [-0.3, -0.25) is 4.98 Å². The lowest BCUT2D eigenvalue weighted by atomic mass is 9.84. The van der Waals surface area contributed by atoms with Gasteiger partial charge in [-0.15, -0.1) is 0 Å². The third-order valence-electron chi connectivity index (χ3n) is 10.7. The quantitative estimate of drug-likeness (QED) is 0.164. The van der Waals surface area contributed by atoms with Crippen LogP contribution in [0.2, 0.25) is 0 Å². The summed E-state index contributed by atoms with van der Waals surface area (Å²) < 4.78 is 20.2. The Morgan fingerprint density at radius 2 is 1.29 bits per heavy atom. The van der Waals surface area contributed by atoms with Crippen LogP contribution in [-0.4, -0.2) is 9.97 Å². The molecule has 0 saturated heterocycles. The van der Waals surface area contributed by atoms with Crippen LogP contribution in [-0.2, 0) is 10.8 Å². The normalized spacial score (nSPS) is 12.5. The molecule has 0 N–H and O–H groups in total. The molecule has 0 fully saturated rings. The van der Waals surface area contributed by atoms with Crippen molar-refractivity contribution < 1.29 is 13.6 Å². The number of benzene rings is 5. The van der Waals surface area contributed by atoms with E-state index in [9.17, 15) is 0 Å². The van der Waals surface area contributed by atoms with E-state index >= 15 is 0 Å². The number of para-hydroxylation sites is 2. The van der Waals surface area contributed by atoms with E-state index in [-0.39, 0.29) is 10.8 Å². The fraction of sp³-hybridized carbons (Fsp3) is 0.280. The van der Waals surface area contributed by atoms with Crippen molar-refractivity contribution in [2.45, 2.75) is 91.9 Å². The zero-order valence-corrected chi connectivity index (χ0v) is 33.7. The first-order chi connectivity index (χ1) is 26.2. The average Bonchev–Trinajstić information content (AvgIpc) is 3.75. The van der Waals surface area contributed by atoms with E-state index in [1.165, 1.54) is 22.3 Å². The number of nitrogens with zero attached hydrogens (tertiary/aromatic N) is 2. The molecular weight excluding hydrogens is 677 g/mol. The zero-order chi connectivity index (χ0) is 38.8. The highest BCUT2D eigenvalue weighted by Crippen LogP contribution is 2.45. The highest BCUT2D eigenvalue weighted by Gasteiger charge is 2.24. The molecule has 8 aromatic rings. The molecule has 278 valence electrons. The molecule has 0 aliphatic rings. The van der Waals surface area contributed by atoms with Gasteiger partial charge >= 0.3 is 0 Å². The van der Waals surface area contributed by atoms with E-state index in [0.717, 1.165) is 61.2 Å². The number of oxazole rings is 1. The maximum atomic E-state index is 6.90. The number of furan rings is 1. The first-order valence-corrected chi connectivity index (χ1v) is 19.4. The van der Waals surface area contributed by atoms with Crippen LogP contribution in [0.5, 0.6) is 11.5 Å². The molecule has 0 atom stereocenters. The SMILES string of the molecule is CC(C)c1cccc(C(C)C)c1-c1cccc2nc(-c3cc(Oc4cc(-c5cc(C(C)(C)C)ccn5)cc(C(C)(C)C)c4)cc4oc5ccccc5c34)oc12. The monoisotopic (exact) mass is 726 g/mol. The Morgan fingerprint density at radius 1 is 0.600 bits per heavy atom. The van der Waals surface area contributed by atoms with Crippen molar-refractivity contribution in [1.82, 2.24) is 9.97 Å². The summed E-state index contributed by atoms with van der Waals surface area (Å²) in [6, 6.07) is 35.8. The molecule has 0 unspecified atom stereocenters. The Labute approximate surface area is 324 Å². The van der Waals surface area contributed by atoms with Crippen molar-refractivity contribution in [3.8, 4) is 45.3 Å². The van der Waals surface area contributed by atoms with Crippen molar-refractivity contribution in [3.05, 3.63) is 132 Å². The second-order valence-corrected chi connectivity index (χ2v) is 17.5. The van der Waals surface area contributed by atoms with Crippen LogP contribution in [0.3, 0.4) is 0 Å². The van der Waals surface area contributed by atoms with Gasteiger partial charge in [-0.1, -0.05) is 118 Å². The second-order valence-electron chi connectivity index (χ2n) is 17.5. The van der Waals surface area contributed by atoms with Gasteiger partial charge < -0.3 is 13.6 Å². The van der Waals surface area contributed by atoms with Crippen molar-refractivity contribution in [2.75, 3.05) is 0 Å². The topological polar surface area (TPSA) is 61.3 Å². The lowest BCUT2D eigenvalue weighted by molar-refractivity contribution is 0.478. The molecule has 0 spiro atoms. The fourth-order valence-corrected chi connectivity index (χ4v) is 7.61. The maximum Gasteiger partial charge on any atom is 0.228 e. The Hall–Kier alpha value is -5.68. The maximum absolute atomic E-state index is 6.90. The number of pyridine rings is 1. The molecule has 3 heterocycles. The lowest BCUT2D eigenvalue weighted by Crippen LogP contribution is -2.12. The summed E-state index contributed by atoms with van der Waals surface area (Å²) >= 11 is 0. The van der Waals surface area contributed by atoms with Crippen molar-refractivity contribution >= 4 is 33.0 Å². The van der Waals surface area contributed by atoms with E-state index in [0.29, 0.717) is 29.1 Å². The van der Waals surface area contributed by atoms with Crippen LogP contribution in [0.1, 0.15) is 103 Å². The van der Waals surface area contributed by atoms with Gasteiger partial charge in [0.15, 0.2) is 5.58 Å². The van der Waals surface area contributed by atoms with E-state index in [1.807, 2.05) is 42.6 Å². The minimum absolute atomic E-state index is 0.00294. The Kier molecular flexibility index (Phi) is 8.95. The summed E-state index contributed by atoms with van der Waals surface area (Å²) in [6.07, 6.45) is 1.90. The second kappa shape index (κ2) is 13.6. The number of aromatic nitrogens is 2. The summed E-state index contributed by atoms with van der Waals surface area (Å²) in [6.45, 7) is 22.3. The van der Waals surface area contributed by atoms with E-state index in [2.05, 4.69) is 136 Å². The molecule has 0 radical (unpaired) electrons. The first kappa shape index (κ1) is 36.3. The predicted octanol–water partition coefficient (Wildman–Crippen LogP) is 14.8. The Bertz CT molecular complexity index is 2690. The fourth-order valence-electron chi connectivity index (χ4n) is 7.61. The van der Waals surface area contributed by atoms with Crippen LogP contribution in [0.4, 0.5) is 0 Å². The van der Waals surface area contributed by atoms with Gasteiger partial charge in [0, 0.05) is 34.2 Å². The number of fused-ring (bicyclic) bond motifs is 4. The molecule has 5 nitrogen and oxygen atoms in total. The van der Waals surface area contributed by atoms with Gasteiger partial charge in [0.05, 0.1) is 11.3 Å². The van der Waals surface area contributed by atoms with E-state index in [4.69, 9.17) is 23.5 Å². The molecule has 5 aromatic carbocycles. The molecule has 3 aromatic heterocycles. The molecule has 0 saturated carbocycles. The number of rotatable bonds is 7. The third kappa shape index (κ3) is 6.82. The van der Waals surface area contributed by atoms with Gasteiger partial charge in [0.25, 0.3) is 0 Å². The van der Waals surface area contributed by atoms with Gasteiger partial charge in [-0.2, -0.15) is 0 Å². The molecular formula is C50H50N2O3. The van der Waals surface area contributed by atoms with E-state index < -0.39 is 0 Å². The van der Waals surface area contributed by atoms with Crippen LogP contribution in [0.25, 0.3) is 66.9 Å². The molecule has 0 bridgehead atoms. The zero-order valence-electron chi connectivity index (χ0n) is 33.7. The smallest absolute Gasteiger partial charge is 0.228 e. The highest BCUT2D eigenvalue weighted by molar-refractivity contribution is 6.12. The third-order valence-corrected chi connectivity index (χ3v) is 10.7. The summed E-state index contributed by atoms with van der Waals surface area (Å²) in [5.74, 6) is 2.55. The van der Waals surface area contributed by atoms with Crippen molar-refractivity contribution in [3.63, 3.8) is 0 Å². The summed E-state index contributed by atoms with van der Waals surface area (Å²) in [5.41, 5.74) is 13.0. The van der Waals surface area contributed by atoms with Gasteiger partial charge in [-0.05, 0) is 99.0 Å². The molecule has 0 aliphatic carbocycles. The minimum atomic E-state index is -0.122. The first-order valence-electron chi connectivity index (χ1n) is 19.4. The van der Waals surface area contributed by atoms with Crippen LogP contribution < -0.4 is 4.74 Å². The van der Waals surface area contributed by atoms with E-state index in [1.54, 1.807) is 0 Å². The Morgan fingerprint density at radius 3 is 2.00 bits per heavy atom. The van der Waals surface area contributed by atoms with Gasteiger partial charge in [0.2, 0.25) is 5.89 Å². The molecule has 8 rings (SSSR count). The highest BCUT2D eigenvalue weighted by atomic mass is 16.5. The van der Waals surface area contributed by atoms with Gasteiger partial charge in [0.1, 0.15) is 28.2 Å².